The van der Waals surface area contributed by atoms with Gasteiger partial charge in [-0.1, -0.05) is 147 Å². The molecule has 0 radical (unpaired) electrons. The molecule has 4 spiro atoms. The topological polar surface area (TPSA) is 231 Å². The number of hydrogen-bond acceptors (Lipinski definition) is 12. The summed E-state index contributed by atoms with van der Waals surface area (Å²) in [5.74, 6) is -0.434. The normalized spacial score (nSPS) is 22.0. The minimum atomic E-state index is -0.743. The molecule has 4 aromatic heterocycles. The number of rotatable bonds is 16. The highest BCUT2D eigenvalue weighted by Crippen LogP contribution is 2.57. The van der Waals surface area contributed by atoms with Gasteiger partial charge in [0.25, 0.3) is 0 Å². The van der Waals surface area contributed by atoms with E-state index in [0.29, 0.717) is 99.4 Å². The summed E-state index contributed by atoms with van der Waals surface area (Å²) in [6, 6.07) is 51.5. The standard InChI is InChI=1S/C29H31FN4O2.C27H27FN4O2.C27H26FN3O2.C24H23FN4O2/c1-32-17-23(16-31-32)21-11-12-22(25(30)15-21)18-34-26-10-6-5-9-24(26)29(28(34)36)13-14-33(19-29)27(35)20-7-3-2-4-8-20;1-30-15-21(14-29-30)19-9-10-20(23(28)13-19)16-32-24-8-3-2-7-22(24)27(26(32)34)11-12-31(17-27)25(33)18-5-4-6-18;1-30-15-21(14-29-30)18-8-9-20(23(28)12-18)16-31-24-5-3-2-4-22(24)27(26(31)33)11-10-19(13-27)25(32)17-6-7-17;1-16(30)28-10-9-24(15-28)20-5-3-4-6-22(20)29(23(24)31)14-18-8-7-17(11-21(18)25)19-12-26-27(2)13-19/h5-6,9-12,15-17,20H,2-4,7-8,13-14,18-19H2,1H3;2-3,7-10,13-15,18H,4-6,11-12,16-17H2,1H3;2-5,8-9,12,14-15,17,19H,6-7,10-11,13,16H2,1H3;3-8,11-13H,9-10,14-15H2,1-2H3. The predicted molar refractivity (Wildman–Crippen MR) is 500 cm³/mol. The lowest BCUT2D eigenvalue weighted by atomic mass is 9.79. The van der Waals surface area contributed by atoms with Crippen molar-refractivity contribution in [1.82, 2.24) is 53.8 Å². The van der Waals surface area contributed by atoms with Crippen LogP contribution in [-0.4, -0.2) is 140 Å². The van der Waals surface area contributed by atoms with Gasteiger partial charge in [0.15, 0.2) is 0 Å². The zero-order chi connectivity index (χ0) is 92.8. The number of amides is 7. The number of carbonyl (C=O) groups is 8. The Bertz CT molecular complexity index is 6680. The minimum absolute atomic E-state index is 0.00512. The minimum Gasteiger partial charge on any atom is -0.341 e. The molecule has 5 unspecified atom stereocenters. The number of anilines is 4. The van der Waals surface area contributed by atoms with Crippen LogP contribution in [0.2, 0.25) is 0 Å². The van der Waals surface area contributed by atoms with Gasteiger partial charge in [0, 0.05) is 190 Å². The van der Waals surface area contributed by atoms with Gasteiger partial charge in [0.2, 0.25) is 41.4 Å². The fourth-order valence-electron chi connectivity index (χ4n) is 22.6. The number of benzene rings is 8. The largest absolute Gasteiger partial charge is 0.341 e. The molecule has 5 atom stereocenters. The first-order chi connectivity index (χ1) is 64.8. The van der Waals surface area contributed by atoms with Crippen molar-refractivity contribution in [2.75, 3.05) is 58.9 Å². The second-order valence-electron chi connectivity index (χ2n) is 38.6. The second kappa shape index (κ2) is 35.3. The number of ketones is 1. The zero-order valence-corrected chi connectivity index (χ0v) is 76.0. The molecule has 7 aliphatic heterocycles. The van der Waals surface area contributed by atoms with E-state index in [1.165, 1.54) is 37.6 Å². The number of hydrogen-bond donors (Lipinski definition) is 0. The highest BCUT2D eigenvalue weighted by Gasteiger charge is 2.60. The number of Topliss-reactive ketones (excluding diaryl/α,β-unsaturated/α-hetero) is 1. The summed E-state index contributed by atoms with van der Waals surface area (Å²) in [5, 5.41) is 16.6. The summed E-state index contributed by atoms with van der Waals surface area (Å²) < 4.78 is 67.2. The molecule has 4 aliphatic carbocycles. The smallest absolute Gasteiger partial charge is 0.239 e. The number of aryl methyl sites for hydroxylation is 4. The van der Waals surface area contributed by atoms with E-state index < -0.39 is 21.7 Å². The fourth-order valence-corrected chi connectivity index (χ4v) is 22.6. The summed E-state index contributed by atoms with van der Waals surface area (Å²) >= 11 is 0. The lowest BCUT2D eigenvalue weighted by Gasteiger charge is -2.30. The van der Waals surface area contributed by atoms with Crippen molar-refractivity contribution in [1.29, 1.82) is 0 Å². The molecule has 7 fully saturated rings. The van der Waals surface area contributed by atoms with Gasteiger partial charge in [-0.05, 0) is 170 Å². The van der Waals surface area contributed by atoms with E-state index in [0.717, 1.165) is 154 Å². The SMILES string of the molecule is CC(=O)N1CCC2(C1)C(=O)N(Cc1ccc(-c3cnn(C)c3)cc1F)c1ccccc12.Cn1cc(-c2ccc(CN3C(=O)C4(CCC(C(=O)C5CC5)C4)c4ccccc43)c(F)c2)cn1.Cn1cc(-c2ccc(CN3C(=O)C4(CCN(C(=O)C5CCC5)C4)c4ccccc43)c(F)c2)cn1.Cn1cc(-c2ccc(CN3C(=O)C4(CCN(C(=O)C5CCCCC5)C4)c4ccccc43)c(F)c2)cn1. The Morgan fingerprint density at radius 2 is 0.627 bits per heavy atom. The summed E-state index contributed by atoms with van der Waals surface area (Å²) in [7, 11) is 7.29. The first-order valence-corrected chi connectivity index (χ1v) is 46.9. The Kier molecular flexibility index (Phi) is 23.3. The highest BCUT2D eigenvalue weighted by molar-refractivity contribution is 6.12. The molecule has 27 heteroatoms. The lowest BCUT2D eigenvalue weighted by molar-refractivity contribution is -0.138. The van der Waals surface area contributed by atoms with Crippen LogP contribution in [0.25, 0.3) is 44.5 Å². The summed E-state index contributed by atoms with van der Waals surface area (Å²) in [6.45, 7) is 5.12. The van der Waals surface area contributed by atoms with Crippen molar-refractivity contribution in [3.63, 3.8) is 0 Å². The van der Waals surface area contributed by atoms with Crippen molar-refractivity contribution in [3.8, 4) is 44.5 Å². The van der Waals surface area contributed by atoms with Crippen molar-refractivity contribution >= 4 is 69.9 Å². The molecule has 7 amide bonds. The molecule has 11 heterocycles. The summed E-state index contributed by atoms with van der Waals surface area (Å²) in [6.07, 6.45) is 28.3. The molecular formula is C107H107F4N15O8. The van der Waals surface area contributed by atoms with Crippen LogP contribution in [0.5, 0.6) is 0 Å². The van der Waals surface area contributed by atoms with Crippen LogP contribution in [0, 0.1) is 46.9 Å². The van der Waals surface area contributed by atoms with E-state index >= 15 is 17.6 Å². The number of nitrogens with zero attached hydrogens (tertiary/aromatic N) is 15. The van der Waals surface area contributed by atoms with Crippen LogP contribution >= 0.6 is 0 Å². The molecule has 3 saturated heterocycles. The summed E-state index contributed by atoms with van der Waals surface area (Å²) in [4.78, 5) is 118. The average Bonchev–Trinajstić information content (AvgIpc) is 1.58. The van der Waals surface area contributed by atoms with Crippen molar-refractivity contribution in [2.45, 2.75) is 157 Å². The molecule has 134 heavy (non-hydrogen) atoms. The van der Waals surface area contributed by atoms with Gasteiger partial charge in [-0.25, -0.2) is 17.6 Å². The van der Waals surface area contributed by atoms with Crippen LogP contribution in [0.3, 0.4) is 0 Å². The van der Waals surface area contributed by atoms with Gasteiger partial charge in [-0.3, -0.25) is 57.1 Å². The van der Waals surface area contributed by atoms with Crippen molar-refractivity contribution in [2.24, 2.45) is 51.9 Å². The second-order valence-corrected chi connectivity index (χ2v) is 38.6. The summed E-state index contributed by atoms with van der Waals surface area (Å²) in [5.41, 5.74) is 12.5. The Labute approximate surface area is 775 Å². The Morgan fingerprint density at radius 1 is 0.328 bits per heavy atom. The molecule has 0 bridgehead atoms. The predicted octanol–water partition coefficient (Wildman–Crippen LogP) is 16.9. The van der Waals surface area contributed by atoms with Crippen LogP contribution in [0.4, 0.5) is 40.3 Å². The molecule has 23 nitrogen and oxygen atoms in total. The Morgan fingerprint density at radius 3 is 0.910 bits per heavy atom. The number of para-hydroxylation sites is 4. The highest BCUT2D eigenvalue weighted by atomic mass is 19.1. The number of halogens is 4. The molecule has 23 rings (SSSR count). The van der Waals surface area contributed by atoms with Crippen LogP contribution < -0.4 is 19.6 Å². The van der Waals surface area contributed by atoms with E-state index in [4.69, 9.17) is 0 Å². The zero-order valence-electron chi connectivity index (χ0n) is 76.0. The first kappa shape index (κ1) is 88.2. The monoisotopic (exact) mass is 1810 g/mol. The third-order valence-electron chi connectivity index (χ3n) is 30.3. The average molecular weight is 1810 g/mol. The van der Waals surface area contributed by atoms with E-state index in [1.54, 1.807) is 92.3 Å². The van der Waals surface area contributed by atoms with Crippen LogP contribution in [0.15, 0.2) is 219 Å². The third-order valence-corrected chi connectivity index (χ3v) is 30.3. The number of carbonyl (C=O) groups excluding carboxylic acids is 8. The fraction of sp³-hybridized carbons (Fsp3) is 0.364. The van der Waals surface area contributed by atoms with E-state index in [1.807, 2.05) is 184 Å². The van der Waals surface area contributed by atoms with Gasteiger partial charge in [-0.2, -0.15) is 20.4 Å². The quantitative estimate of drug-likeness (QED) is 0.0822. The maximum atomic E-state index is 15.2. The lowest BCUT2D eigenvalue weighted by Crippen LogP contribution is -2.44. The molecular weight excluding hydrogens is 1700 g/mol. The molecule has 0 N–H and O–H groups in total. The van der Waals surface area contributed by atoms with E-state index in [9.17, 15) is 38.4 Å². The van der Waals surface area contributed by atoms with Gasteiger partial charge in [-0.15, -0.1) is 0 Å². The third kappa shape index (κ3) is 16.0. The van der Waals surface area contributed by atoms with Gasteiger partial charge in [0.1, 0.15) is 29.1 Å². The Hall–Kier alpha value is -13.7. The maximum absolute atomic E-state index is 15.2. The van der Waals surface area contributed by atoms with Crippen molar-refractivity contribution in [3.05, 3.63) is 287 Å². The van der Waals surface area contributed by atoms with Crippen LogP contribution in [0.1, 0.15) is 154 Å². The van der Waals surface area contributed by atoms with Crippen LogP contribution in [-0.2, 0) is 114 Å². The number of likely N-dealkylation sites (tertiary alicyclic amines) is 3. The van der Waals surface area contributed by atoms with Gasteiger partial charge >= 0.3 is 0 Å². The molecule has 4 saturated carbocycles. The number of fused-ring (bicyclic) bond motifs is 8. The molecule has 686 valence electrons. The molecule has 12 aromatic rings. The first-order valence-electron chi connectivity index (χ1n) is 46.9. The molecule has 11 aliphatic rings. The van der Waals surface area contributed by atoms with Gasteiger partial charge < -0.3 is 34.3 Å². The van der Waals surface area contributed by atoms with E-state index in [2.05, 4.69) is 20.4 Å². The van der Waals surface area contributed by atoms with E-state index in [-0.39, 0.29) is 114 Å². The number of aromatic nitrogens is 8. The maximum Gasteiger partial charge on any atom is 0.239 e. The molecule has 8 aromatic carbocycles. The van der Waals surface area contributed by atoms with Gasteiger partial charge in [0.05, 0.1) is 72.6 Å². The Balaban J connectivity index is 0.000000111. The van der Waals surface area contributed by atoms with Crippen molar-refractivity contribution < 1.29 is 55.9 Å².